The van der Waals surface area contributed by atoms with Crippen molar-refractivity contribution in [2.75, 3.05) is 13.2 Å². The summed E-state index contributed by atoms with van der Waals surface area (Å²) in [4.78, 5) is 66.8. The maximum atomic E-state index is 13.8. The molecule has 308 valence electrons. The van der Waals surface area contributed by atoms with E-state index in [9.17, 15) is 59.7 Å². The smallest absolute Gasteiger partial charge is 0.335 e. The summed E-state index contributed by atoms with van der Waals surface area (Å²) in [6.45, 7) is 9.34. The molecule has 7 N–H and O–H groups in total. The van der Waals surface area contributed by atoms with Gasteiger partial charge in [-0.25, -0.2) is 9.59 Å². The second-order valence-electron chi connectivity index (χ2n) is 16.3. The zero-order valence-corrected chi connectivity index (χ0v) is 32.2. The number of carbonyl (C=O) groups is 5. The number of carboxylic acid groups (broad SMARTS) is 1. The van der Waals surface area contributed by atoms with Crippen molar-refractivity contribution >= 4 is 29.8 Å². The summed E-state index contributed by atoms with van der Waals surface area (Å²) in [5.74, 6) is -11.8. The third kappa shape index (κ3) is 7.91. The van der Waals surface area contributed by atoms with Crippen LogP contribution in [0.4, 0.5) is 0 Å². The number of esters is 4. The van der Waals surface area contributed by atoms with Crippen LogP contribution in [0.3, 0.4) is 0 Å². The molecule has 0 amide bonds. The van der Waals surface area contributed by atoms with Gasteiger partial charge in [-0.05, 0) is 41.5 Å². The normalized spacial score (nSPS) is 33.6. The Balaban J connectivity index is 2.23. The number of rotatable bonds is 13. The van der Waals surface area contributed by atoms with Crippen LogP contribution in [-0.2, 0) is 42.9 Å². The van der Waals surface area contributed by atoms with Gasteiger partial charge in [0, 0.05) is 35.5 Å². The average molecular weight is 783 g/mol. The average Bonchev–Trinajstić information content (AvgIpc) is 3.69. The molecule has 1 aliphatic heterocycles. The summed E-state index contributed by atoms with van der Waals surface area (Å²) in [6, 6.07) is 1.49. The predicted octanol–water partition coefficient (Wildman–Crippen LogP) is 0.608. The molecule has 13 atom stereocenters. The summed E-state index contributed by atoms with van der Waals surface area (Å²) >= 11 is 0. The first-order valence-electron chi connectivity index (χ1n) is 18.2. The van der Waals surface area contributed by atoms with Gasteiger partial charge in [-0.3, -0.25) is 14.4 Å². The monoisotopic (exact) mass is 782 g/mol. The zero-order chi connectivity index (χ0) is 41.5. The molecule has 1 saturated carbocycles. The Hall–Kier alpha value is -3.87. The van der Waals surface area contributed by atoms with Crippen LogP contribution in [0, 0.1) is 34.5 Å². The summed E-state index contributed by atoms with van der Waals surface area (Å²) in [5, 5.41) is 78.3. The van der Waals surface area contributed by atoms with Crippen molar-refractivity contribution in [2.24, 2.45) is 34.5 Å². The highest BCUT2D eigenvalue weighted by molar-refractivity contribution is 5.77. The molecule has 4 rings (SSSR count). The molecule has 55 heavy (non-hydrogen) atoms. The van der Waals surface area contributed by atoms with Gasteiger partial charge in [0.2, 0.25) is 0 Å². The van der Waals surface area contributed by atoms with Crippen molar-refractivity contribution in [3.8, 4) is 0 Å². The lowest BCUT2D eigenvalue weighted by atomic mass is 9.49. The van der Waals surface area contributed by atoms with Gasteiger partial charge in [0.15, 0.2) is 12.2 Å². The van der Waals surface area contributed by atoms with Crippen LogP contribution in [0.15, 0.2) is 34.2 Å². The molecule has 0 spiro atoms. The van der Waals surface area contributed by atoms with Crippen LogP contribution < -0.4 is 0 Å². The number of hydrogen-bond acceptors (Lipinski definition) is 16. The standard InChI is InChI=1S/C38H54O17/c1-16(2)28(44)34(48)54-22-12-24(43)52-14-20-26-31(47)30(46)25(19-9-10-51-13-19)38(26,8)33(55-35(49)29(45)17(3)4)32(53-18(5)40)27(20)37(22,7)21(11-23(41)42)36(6,50)15-39/h9-10,13,16-17,21-22,25,27-33,39,44-47,50H,11-12,14-15H2,1-8H3,(H,41,42)/t21-,22+,25+,27+,28?,29?,30+,31-,32+,33-,36?,37+,38-/m0/s1. The molecule has 2 heterocycles. The summed E-state index contributed by atoms with van der Waals surface area (Å²) in [6.07, 6.45) is -11.5. The summed E-state index contributed by atoms with van der Waals surface area (Å²) < 4.78 is 29.0. The highest BCUT2D eigenvalue weighted by atomic mass is 16.6. The number of hydrogen-bond donors (Lipinski definition) is 7. The van der Waals surface area contributed by atoms with Gasteiger partial charge in [0.1, 0.15) is 31.0 Å². The Morgan fingerprint density at radius 2 is 1.56 bits per heavy atom. The second kappa shape index (κ2) is 16.3. The van der Waals surface area contributed by atoms with E-state index in [0.717, 1.165) is 13.8 Å². The van der Waals surface area contributed by atoms with Crippen LogP contribution in [0.25, 0.3) is 0 Å². The molecule has 17 nitrogen and oxygen atoms in total. The van der Waals surface area contributed by atoms with E-state index in [0.29, 0.717) is 5.56 Å². The molecule has 3 unspecified atom stereocenters. The lowest BCUT2D eigenvalue weighted by Gasteiger charge is -2.59. The van der Waals surface area contributed by atoms with Crippen LogP contribution >= 0.6 is 0 Å². The van der Waals surface area contributed by atoms with Gasteiger partial charge in [-0.15, -0.1) is 0 Å². The minimum atomic E-state index is -2.36. The fourth-order valence-corrected chi connectivity index (χ4v) is 9.09. The molecule has 1 saturated heterocycles. The van der Waals surface area contributed by atoms with Crippen molar-refractivity contribution in [1.29, 1.82) is 0 Å². The van der Waals surface area contributed by atoms with Crippen LogP contribution in [0.2, 0.25) is 0 Å². The molecule has 2 fully saturated rings. The Morgan fingerprint density at radius 1 is 0.982 bits per heavy atom. The first kappa shape index (κ1) is 43.9. The molecule has 2 aliphatic carbocycles. The fourth-order valence-electron chi connectivity index (χ4n) is 9.09. The quantitative estimate of drug-likeness (QED) is 0.0820. The number of carboxylic acids is 1. The van der Waals surface area contributed by atoms with E-state index in [1.54, 1.807) is 0 Å². The molecule has 17 heteroatoms. The minimum Gasteiger partial charge on any atom is -0.481 e. The number of cyclic esters (lactones) is 1. The minimum absolute atomic E-state index is 0.0480. The number of aliphatic hydroxyl groups excluding tert-OH is 5. The van der Waals surface area contributed by atoms with Crippen LogP contribution in [-0.4, -0.2) is 127 Å². The number of fused-ring (bicyclic) bond motifs is 2. The molecule has 0 bridgehead atoms. The van der Waals surface area contributed by atoms with Crippen molar-refractivity contribution in [3.63, 3.8) is 0 Å². The Morgan fingerprint density at radius 3 is 2.05 bits per heavy atom. The van der Waals surface area contributed by atoms with Crippen molar-refractivity contribution < 1.29 is 83.1 Å². The number of furan rings is 1. The SMILES string of the molecule is CC(=O)O[C@@H]1[C@H]2C(=C3[C@H](O)[C@H](O)[C@@H](c4ccoc4)[C@]3(C)[C@H]1OC(=O)C(O)C(C)C)COC(=O)C[C@@H](OC(=O)C(O)C(C)C)[C@@]2(C)[C@@H](CC(=O)O)C(C)(O)CO. The van der Waals surface area contributed by atoms with E-state index in [2.05, 4.69) is 0 Å². The lowest BCUT2D eigenvalue weighted by molar-refractivity contribution is -0.224. The Bertz CT molecular complexity index is 1630. The molecule has 3 aliphatic rings. The number of ether oxygens (including phenoxy) is 4. The molecule has 1 aromatic rings. The Labute approximate surface area is 318 Å². The van der Waals surface area contributed by atoms with Gasteiger partial charge >= 0.3 is 29.8 Å². The molecule has 0 aromatic carbocycles. The van der Waals surface area contributed by atoms with E-state index < -0.39 is 145 Å². The zero-order valence-electron chi connectivity index (χ0n) is 32.2. The van der Waals surface area contributed by atoms with E-state index in [1.165, 1.54) is 60.1 Å². The maximum absolute atomic E-state index is 13.8. The maximum Gasteiger partial charge on any atom is 0.335 e. The van der Waals surface area contributed by atoms with Gasteiger partial charge < -0.3 is 59.1 Å². The summed E-state index contributed by atoms with van der Waals surface area (Å²) in [7, 11) is 0. The first-order chi connectivity index (χ1) is 25.5. The summed E-state index contributed by atoms with van der Waals surface area (Å²) in [5.41, 5.74) is -6.09. The van der Waals surface area contributed by atoms with Gasteiger partial charge in [-0.2, -0.15) is 0 Å². The highest BCUT2D eigenvalue weighted by Crippen LogP contribution is 2.65. The van der Waals surface area contributed by atoms with Crippen molar-refractivity contribution in [3.05, 3.63) is 35.3 Å². The largest absolute Gasteiger partial charge is 0.481 e. The predicted molar refractivity (Wildman–Crippen MR) is 186 cm³/mol. The number of aliphatic hydroxyl groups is 6. The molecule has 0 radical (unpaired) electrons. The fraction of sp³-hybridized carbons (Fsp3) is 0.711. The second-order valence-corrected chi connectivity index (χ2v) is 16.3. The van der Waals surface area contributed by atoms with Crippen molar-refractivity contribution in [1.82, 2.24) is 0 Å². The van der Waals surface area contributed by atoms with Crippen LogP contribution in [0.5, 0.6) is 0 Å². The van der Waals surface area contributed by atoms with Gasteiger partial charge in [-0.1, -0.05) is 41.5 Å². The highest BCUT2D eigenvalue weighted by Gasteiger charge is 2.71. The van der Waals surface area contributed by atoms with E-state index in [1.807, 2.05) is 0 Å². The lowest BCUT2D eigenvalue weighted by Crippen LogP contribution is -2.66. The van der Waals surface area contributed by atoms with Crippen molar-refractivity contribution in [2.45, 2.75) is 122 Å². The van der Waals surface area contributed by atoms with E-state index >= 15 is 0 Å². The molecule has 1 aromatic heterocycles. The Kier molecular flexibility index (Phi) is 13.0. The van der Waals surface area contributed by atoms with E-state index in [-0.39, 0.29) is 11.1 Å². The number of aliphatic carboxylic acids is 1. The third-order valence-corrected chi connectivity index (χ3v) is 11.9. The topological polar surface area (TPSA) is 277 Å². The number of carbonyl (C=O) groups excluding carboxylic acids is 4. The van der Waals surface area contributed by atoms with Gasteiger partial charge in [0.05, 0.1) is 43.7 Å². The van der Waals surface area contributed by atoms with E-state index in [4.69, 9.17) is 23.4 Å². The van der Waals surface area contributed by atoms with Gasteiger partial charge in [0.25, 0.3) is 0 Å². The third-order valence-electron chi connectivity index (χ3n) is 11.9. The first-order valence-corrected chi connectivity index (χ1v) is 18.2. The van der Waals surface area contributed by atoms with Crippen LogP contribution in [0.1, 0.15) is 79.7 Å². The molecular formula is C38H54O17. The molecular weight excluding hydrogens is 728 g/mol.